The minimum Gasteiger partial charge on any atom is -0.493 e. The third kappa shape index (κ3) is 6.89. The van der Waals surface area contributed by atoms with E-state index in [1.54, 1.807) is 24.3 Å². The van der Waals surface area contributed by atoms with Crippen LogP contribution in [0.2, 0.25) is 0 Å². The molecule has 0 aliphatic heterocycles. The van der Waals surface area contributed by atoms with Crippen molar-refractivity contribution in [1.29, 1.82) is 0 Å². The number of rotatable bonds is 11. The lowest BCUT2D eigenvalue weighted by molar-refractivity contribution is 0.0997. The average Bonchev–Trinajstić information content (AvgIpc) is 3.11. The van der Waals surface area contributed by atoms with Gasteiger partial charge in [0.15, 0.2) is 22.7 Å². The van der Waals surface area contributed by atoms with Crippen LogP contribution in [0.5, 0.6) is 11.5 Å². The van der Waals surface area contributed by atoms with E-state index >= 15 is 0 Å². The maximum atomic E-state index is 13.5. The highest BCUT2D eigenvalue weighted by atomic mass is 16.5. The van der Waals surface area contributed by atoms with E-state index in [2.05, 4.69) is 46.1 Å². The Hall–Kier alpha value is -6.00. The van der Waals surface area contributed by atoms with Gasteiger partial charge in [-0.1, -0.05) is 42.5 Å². The molecule has 0 bridgehead atoms. The van der Waals surface area contributed by atoms with Gasteiger partial charge in [0.05, 0.1) is 36.4 Å². The Labute approximate surface area is 276 Å². The van der Waals surface area contributed by atoms with Gasteiger partial charge in [0, 0.05) is 35.9 Å². The maximum Gasteiger partial charge on any atom is 0.291 e. The summed E-state index contributed by atoms with van der Waals surface area (Å²) < 4.78 is 16.5. The monoisotopic (exact) mass is 642 g/mol. The number of methoxy groups -OCH3 is 2. The van der Waals surface area contributed by atoms with Gasteiger partial charge >= 0.3 is 0 Å². The largest absolute Gasteiger partial charge is 0.493 e. The molecular weight excluding hydrogens is 608 g/mol. The predicted molar refractivity (Wildman–Crippen MR) is 186 cm³/mol. The summed E-state index contributed by atoms with van der Waals surface area (Å²) in [6.07, 6.45) is 2.62. The summed E-state index contributed by atoms with van der Waals surface area (Å²) in [6, 6.07) is 26.6. The Balaban J connectivity index is 1.13. The predicted octanol–water partition coefficient (Wildman–Crippen LogP) is 6.50. The van der Waals surface area contributed by atoms with Gasteiger partial charge in [0.2, 0.25) is 0 Å². The number of anilines is 2. The van der Waals surface area contributed by atoms with E-state index < -0.39 is 11.8 Å². The molecule has 0 atom stereocenters. The quantitative estimate of drug-likeness (QED) is 0.137. The number of carbonyl (C=O) groups excluding carboxylic acids is 2. The van der Waals surface area contributed by atoms with Crippen molar-refractivity contribution in [2.75, 3.05) is 31.4 Å². The number of nitrogens with one attached hydrogen (secondary N) is 3. The first-order chi connectivity index (χ1) is 23.3. The average molecular weight is 643 g/mol. The lowest BCUT2D eigenvalue weighted by atomic mass is 10.0. The van der Waals surface area contributed by atoms with Crippen LogP contribution in [0.15, 0.2) is 106 Å². The highest BCUT2D eigenvalue weighted by Gasteiger charge is 2.21. The second-order valence-corrected chi connectivity index (χ2v) is 11.2. The molecule has 0 saturated heterocycles. The summed E-state index contributed by atoms with van der Waals surface area (Å²) in [6.45, 7) is 3.57. The lowest BCUT2D eigenvalue weighted by Crippen LogP contribution is -2.20. The number of hydrogen-bond donors (Lipinski definition) is 3. The SMILES string of the molecule is COc1cc(NC(=O)c2cc(=O)c3ccccc3o2)c(C(=O)Nc2ccc(CCNCc3ccc(C)c4ncccc34)cc2)cc1OC. The number of aromatic nitrogens is 1. The number of carbonyl (C=O) groups is 2. The molecule has 0 radical (unpaired) electrons. The molecule has 10 heteroatoms. The molecule has 4 aromatic carbocycles. The van der Waals surface area contributed by atoms with E-state index in [0.717, 1.165) is 47.6 Å². The molecule has 0 spiro atoms. The summed E-state index contributed by atoms with van der Waals surface area (Å²) in [4.78, 5) is 43.9. The number of amides is 2. The number of ether oxygens (including phenoxy) is 2. The maximum absolute atomic E-state index is 13.5. The minimum atomic E-state index is -0.704. The highest BCUT2D eigenvalue weighted by molar-refractivity contribution is 6.12. The Morgan fingerprint density at radius 2 is 1.56 bits per heavy atom. The second kappa shape index (κ2) is 14.2. The van der Waals surface area contributed by atoms with Gasteiger partial charge in [-0.2, -0.15) is 0 Å². The third-order valence-corrected chi connectivity index (χ3v) is 8.05. The first kappa shape index (κ1) is 32.0. The molecule has 0 saturated carbocycles. The van der Waals surface area contributed by atoms with Crippen molar-refractivity contribution in [2.45, 2.75) is 19.9 Å². The van der Waals surface area contributed by atoms with E-state index in [0.29, 0.717) is 22.6 Å². The van der Waals surface area contributed by atoms with Gasteiger partial charge < -0.3 is 29.8 Å². The number of aryl methyl sites for hydroxylation is 1. The van der Waals surface area contributed by atoms with Crippen LogP contribution >= 0.6 is 0 Å². The minimum absolute atomic E-state index is 0.122. The Morgan fingerprint density at radius 1 is 0.812 bits per heavy atom. The molecule has 10 nitrogen and oxygen atoms in total. The molecule has 2 aromatic heterocycles. The van der Waals surface area contributed by atoms with Gasteiger partial charge in [0.1, 0.15) is 5.58 Å². The smallest absolute Gasteiger partial charge is 0.291 e. The second-order valence-electron chi connectivity index (χ2n) is 11.2. The topological polar surface area (TPSA) is 132 Å². The number of pyridine rings is 1. The number of benzene rings is 4. The Morgan fingerprint density at radius 3 is 2.35 bits per heavy atom. The van der Waals surface area contributed by atoms with Gasteiger partial charge in [-0.25, -0.2) is 0 Å². The van der Waals surface area contributed by atoms with Crippen LogP contribution < -0.4 is 30.9 Å². The van der Waals surface area contributed by atoms with Crippen LogP contribution in [0.25, 0.3) is 21.9 Å². The van der Waals surface area contributed by atoms with E-state index in [9.17, 15) is 14.4 Å². The highest BCUT2D eigenvalue weighted by Crippen LogP contribution is 2.34. The van der Waals surface area contributed by atoms with Crippen molar-refractivity contribution >= 4 is 45.1 Å². The lowest BCUT2D eigenvalue weighted by Gasteiger charge is -2.16. The molecule has 2 amide bonds. The van der Waals surface area contributed by atoms with Crippen LogP contribution in [-0.4, -0.2) is 37.6 Å². The number of fused-ring (bicyclic) bond motifs is 2. The van der Waals surface area contributed by atoms with Gasteiger partial charge in [-0.15, -0.1) is 0 Å². The number of para-hydroxylation sites is 1. The molecule has 2 heterocycles. The molecule has 0 aliphatic carbocycles. The summed E-state index contributed by atoms with van der Waals surface area (Å²) in [5.41, 5.74) is 5.24. The summed E-state index contributed by atoms with van der Waals surface area (Å²) >= 11 is 0. The fourth-order valence-corrected chi connectivity index (χ4v) is 5.51. The molecule has 48 heavy (non-hydrogen) atoms. The zero-order valence-corrected chi connectivity index (χ0v) is 26.8. The molecular formula is C38H34N4O6. The standard InChI is InChI=1S/C38H34N4O6/c1-23-10-13-25(27-8-6-17-40-36(23)27)22-39-18-16-24-11-14-26(15-12-24)41-37(44)29-19-33(46-2)34(47-3)20-30(29)42-38(45)35-21-31(43)28-7-4-5-9-32(28)48-35/h4-15,17,19-21,39H,16,18,22H2,1-3H3,(H,41,44)(H,42,45). The van der Waals surface area contributed by atoms with Crippen molar-refractivity contribution in [3.63, 3.8) is 0 Å². The van der Waals surface area contributed by atoms with Crippen LogP contribution in [0, 0.1) is 6.92 Å². The third-order valence-electron chi connectivity index (χ3n) is 8.05. The zero-order chi connectivity index (χ0) is 33.6. The molecule has 242 valence electrons. The summed E-state index contributed by atoms with van der Waals surface area (Å²) in [7, 11) is 2.90. The van der Waals surface area contributed by atoms with Crippen LogP contribution in [-0.2, 0) is 13.0 Å². The van der Waals surface area contributed by atoms with Crippen molar-refractivity contribution in [1.82, 2.24) is 10.3 Å². The van der Waals surface area contributed by atoms with E-state index in [1.807, 2.05) is 36.5 Å². The summed E-state index contributed by atoms with van der Waals surface area (Å²) in [5, 5.41) is 10.6. The first-order valence-electron chi connectivity index (χ1n) is 15.4. The fourth-order valence-electron chi connectivity index (χ4n) is 5.51. The number of nitrogens with zero attached hydrogens (tertiary/aromatic N) is 1. The van der Waals surface area contributed by atoms with Crippen molar-refractivity contribution < 1.29 is 23.5 Å². The molecule has 6 aromatic rings. The molecule has 6 rings (SSSR count). The van der Waals surface area contributed by atoms with Gasteiger partial charge in [-0.05, 0) is 73.0 Å². The van der Waals surface area contributed by atoms with Crippen LogP contribution in [0.4, 0.5) is 11.4 Å². The first-order valence-corrected chi connectivity index (χ1v) is 15.4. The molecule has 3 N–H and O–H groups in total. The van der Waals surface area contributed by atoms with Crippen molar-refractivity contribution in [3.05, 3.63) is 135 Å². The molecule has 0 unspecified atom stereocenters. The fraction of sp³-hybridized carbons (Fsp3) is 0.158. The van der Waals surface area contributed by atoms with E-state index in [1.165, 1.54) is 31.9 Å². The molecule has 0 aliphatic rings. The van der Waals surface area contributed by atoms with Gasteiger partial charge in [0.25, 0.3) is 11.8 Å². The molecule has 0 fully saturated rings. The van der Waals surface area contributed by atoms with Crippen molar-refractivity contribution in [3.8, 4) is 11.5 Å². The Bertz CT molecular complexity index is 2190. The van der Waals surface area contributed by atoms with Crippen LogP contribution in [0.1, 0.15) is 37.6 Å². The number of hydrogen-bond acceptors (Lipinski definition) is 8. The van der Waals surface area contributed by atoms with E-state index in [4.69, 9.17) is 13.9 Å². The Kier molecular flexibility index (Phi) is 9.45. The normalized spacial score (nSPS) is 11.0. The van der Waals surface area contributed by atoms with E-state index in [-0.39, 0.29) is 28.0 Å². The zero-order valence-electron chi connectivity index (χ0n) is 26.8. The van der Waals surface area contributed by atoms with Gasteiger partial charge in [-0.3, -0.25) is 19.4 Å². The van der Waals surface area contributed by atoms with Crippen molar-refractivity contribution in [2.24, 2.45) is 0 Å². The van der Waals surface area contributed by atoms with Crippen LogP contribution in [0.3, 0.4) is 0 Å². The summed E-state index contributed by atoms with van der Waals surface area (Å²) in [5.74, 6) is -0.788.